The fourth-order valence-electron chi connectivity index (χ4n) is 0.960. The molecular weight excluding hydrogens is 200 g/mol. The van der Waals surface area contributed by atoms with Crippen LogP contribution in [-0.2, 0) is 4.79 Å². The molecule has 0 radical (unpaired) electrons. The molecule has 0 aliphatic heterocycles. The molecule has 0 unspecified atom stereocenters. The Hall–Kier alpha value is -1.36. The maximum atomic E-state index is 11.3. The Bertz CT molecular complexity index is 309. The van der Waals surface area contributed by atoms with E-state index in [0.717, 1.165) is 0 Å². The van der Waals surface area contributed by atoms with Crippen LogP contribution >= 0.6 is 11.3 Å². The van der Waals surface area contributed by atoms with Crippen LogP contribution in [0.15, 0.2) is 16.8 Å². The van der Waals surface area contributed by atoms with Crippen molar-refractivity contribution in [2.75, 3.05) is 6.54 Å². The standard InChI is InChI=1S/C9H12N2O2S/c10-8(12)2-1-4-11-9(13)7-3-5-14-6-7/h3,5-6H,1-2,4H2,(H2,10,12)(H,11,13). The smallest absolute Gasteiger partial charge is 0.252 e. The third-order valence-corrected chi connectivity index (χ3v) is 2.35. The number of hydrogen-bond acceptors (Lipinski definition) is 3. The number of nitrogens with two attached hydrogens (primary N) is 1. The second-order valence-corrected chi connectivity index (χ2v) is 3.62. The second-order valence-electron chi connectivity index (χ2n) is 2.84. The first kappa shape index (κ1) is 10.7. The fraction of sp³-hybridized carbons (Fsp3) is 0.333. The quantitative estimate of drug-likeness (QED) is 0.707. The molecule has 0 saturated carbocycles. The zero-order chi connectivity index (χ0) is 10.4. The third-order valence-electron chi connectivity index (χ3n) is 1.67. The molecule has 4 nitrogen and oxygen atoms in total. The molecule has 3 N–H and O–H groups in total. The van der Waals surface area contributed by atoms with Crippen LogP contribution in [0, 0.1) is 0 Å². The molecule has 1 rings (SSSR count). The van der Waals surface area contributed by atoms with E-state index < -0.39 is 0 Å². The van der Waals surface area contributed by atoms with Crippen molar-refractivity contribution >= 4 is 23.2 Å². The largest absolute Gasteiger partial charge is 0.370 e. The number of nitrogens with one attached hydrogen (secondary N) is 1. The normalized spacial score (nSPS) is 9.71. The number of primary amides is 1. The van der Waals surface area contributed by atoms with Gasteiger partial charge in [0, 0.05) is 23.9 Å². The molecule has 0 aliphatic rings. The van der Waals surface area contributed by atoms with Crippen molar-refractivity contribution in [1.29, 1.82) is 0 Å². The van der Waals surface area contributed by atoms with Crippen molar-refractivity contribution in [3.05, 3.63) is 22.4 Å². The molecule has 76 valence electrons. The summed E-state index contributed by atoms with van der Waals surface area (Å²) < 4.78 is 0. The number of rotatable bonds is 5. The van der Waals surface area contributed by atoms with Crippen molar-refractivity contribution in [3.63, 3.8) is 0 Å². The monoisotopic (exact) mass is 212 g/mol. The summed E-state index contributed by atoms with van der Waals surface area (Å²) >= 11 is 1.48. The minimum atomic E-state index is -0.338. The van der Waals surface area contributed by atoms with Crippen molar-refractivity contribution in [3.8, 4) is 0 Å². The first-order valence-corrected chi connectivity index (χ1v) is 5.23. The lowest BCUT2D eigenvalue weighted by atomic mass is 10.3. The number of carbonyl (C=O) groups excluding carboxylic acids is 2. The van der Waals surface area contributed by atoms with Gasteiger partial charge in [-0.15, -0.1) is 0 Å². The highest BCUT2D eigenvalue weighted by Gasteiger charge is 2.04. The average molecular weight is 212 g/mol. The minimum Gasteiger partial charge on any atom is -0.370 e. The lowest BCUT2D eigenvalue weighted by Gasteiger charge is -2.01. The molecule has 0 aliphatic carbocycles. The highest BCUT2D eigenvalue weighted by atomic mass is 32.1. The van der Waals surface area contributed by atoms with Gasteiger partial charge in [-0.05, 0) is 17.9 Å². The molecule has 5 heteroatoms. The highest BCUT2D eigenvalue weighted by molar-refractivity contribution is 7.08. The zero-order valence-corrected chi connectivity index (χ0v) is 8.47. The summed E-state index contributed by atoms with van der Waals surface area (Å²) in [5.74, 6) is -0.439. The molecule has 1 heterocycles. The summed E-state index contributed by atoms with van der Waals surface area (Å²) in [5, 5.41) is 6.33. The van der Waals surface area contributed by atoms with Crippen LogP contribution in [0.1, 0.15) is 23.2 Å². The summed E-state index contributed by atoms with van der Waals surface area (Å²) in [4.78, 5) is 21.7. The predicted octanol–water partition coefficient (Wildman–Crippen LogP) is 0.743. The van der Waals surface area contributed by atoms with Crippen LogP contribution in [0.3, 0.4) is 0 Å². The van der Waals surface area contributed by atoms with Crippen molar-refractivity contribution in [1.82, 2.24) is 5.32 Å². The molecule has 14 heavy (non-hydrogen) atoms. The second kappa shape index (κ2) is 5.39. The van der Waals surface area contributed by atoms with Gasteiger partial charge in [-0.1, -0.05) is 0 Å². The maximum absolute atomic E-state index is 11.3. The van der Waals surface area contributed by atoms with Gasteiger partial charge in [-0.3, -0.25) is 9.59 Å². The molecule has 2 amide bonds. The summed E-state index contributed by atoms with van der Waals surface area (Å²) in [7, 11) is 0. The first-order chi connectivity index (χ1) is 6.70. The van der Waals surface area contributed by atoms with Gasteiger partial charge in [0.2, 0.25) is 5.91 Å². The van der Waals surface area contributed by atoms with Crippen molar-refractivity contribution in [2.24, 2.45) is 5.73 Å². The van der Waals surface area contributed by atoms with E-state index in [1.54, 1.807) is 11.4 Å². The Morgan fingerprint density at radius 2 is 2.29 bits per heavy atom. The summed E-state index contributed by atoms with van der Waals surface area (Å²) in [6, 6.07) is 1.76. The van der Waals surface area contributed by atoms with Gasteiger partial charge in [0.25, 0.3) is 5.91 Å². The Balaban J connectivity index is 2.19. The van der Waals surface area contributed by atoms with E-state index in [0.29, 0.717) is 24.9 Å². The van der Waals surface area contributed by atoms with E-state index in [4.69, 9.17) is 5.73 Å². The minimum absolute atomic E-state index is 0.101. The van der Waals surface area contributed by atoms with E-state index >= 15 is 0 Å². The Kier molecular flexibility index (Phi) is 4.12. The van der Waals surface area contributed by atoms with E-state index in [1.807, 2.05) is 5.38 Å². The molecular formula is C9H12N2O2S. The number of carbonyl (C=O) groups is 2. The zero-order valence-electron chi connectivity index (χ0n) is 7.66. The van der Waals surface area contributed by atoms with Crippen molar-refractivity contribution in [2.45, 2.75) is 12.8 Å². The van der Waals surface area contributed by atoms with Gasteiger partial charge in [0.1, 0.15) is 0 Å². The first-order valence-electron chi connectivity index (χ1n) is 4.29. The molecule has 0 bridgehead atoms. The molecule has 1 aromatic rings. The average Bonchev–Trinajstić information content (AvgIpc) is 2.64. The van der Waals surface area contributed by atoms with Gasteiger partial charge in [-0.2, -0.15) is 11.3 Å². The van der Waals surface area contributed by atoms with Crippen LogP contribution < -0.4 is 11.1 Å². The molecule has 0 atom stereocenters. The number of amides is 2. The Morgan fingerprint density at radius 1 is 1.50 bits per heavy atom. The molecule has 0 aromatic carbocycles. The van der Waals surface area contributed by atoms with Crippen LogP contribution in [0.25, 0.3) is 0 Å². The van der Waals surface area contributed by atoms with Crippen molar-refractivity contribution < 1.29 is 9.59 Å². The van der Waals surface area contributed by atoms with Gasteiger partial charge in [-0.25, -0.2) is 0 Å². The van der Waals surface area contributed by atoms with E-state index in [2.05, 4.69) is 5.32 Å². The number of thiophene rings is 1. The molecule has 0 spiro atoms. The van der Waals surface area contributed by atoms with Crippen LogP contribution in [0.5, 0.6) is 0 Å². The summed E-state index contributed by atoms with van der Waals surface area (Å²) in [5.41, 5.74) is 5.62. The highest BCUT2D eigenvalue weighted by Crippen LogP contribution is 2.05. The Labute approximate surface area is 86.1 Å². The molecule has 0 fully saturated rings. The Morgan fingerprint density at radius 3 is 2.86 bits per heavy atom. The predicted molar refractivity (Wildman–Crippen MR) is 55.1 cm³/mol. The van der Waals surface area contributed by atoms with Crippen LogP contribution in [-0.4, -0.2) is 18.4 Å². The fourth-order valence-corrected chi connectivity index (χ4v) is 1.60. The maximum Gasteiger partial charge on any atom is 0.252 e. The van der Waals surface area contributed by atoms with Gasteiger partial charge in [0.15, 0.2) is 0 Å². The lowest BCUT2D eigenvalue weighted by molar-refractivity contribution is -0.118. The molecule has 1 aromatic heterocycles. The SMILES string of the molecule is NC(=O)CCCNC(=O)c1ccsc1. The lowest BCUT2D eigenvalue weighted by Crippen LogP contribution is -2.25. The topological polar surface area (TPSA) is 72.2 Å². The third kappa shape index (κ3) is 3.57. The van der Waals surface area contributed by atoms with E-state index in [9.17, 15) is 9.59 Å². The van der Waals surface area contributed by atoms with Gasteiger partial charge in [0.05, 0.1) is 0 Å². The van der Waals surface area contributed by atoms with E-state index in [1.165, 1.54) is 11.3 Å². The van der Waals surface area contributed by atoms with Crippen LogP contribution in [0.2, 0.25) is 0 Å². The molecule has 0 saturated heterocycles. The van der Waals surface area contributed by atoms with Crippen LogP contribution in [0.4, 0.5) is 0 Å². The van der Waals surface area contributed by atoms with Gasteiger partial charge < -0.3 is 11.1 Å². The van der Waals surface area contributed by atoms with E-state index in [-0.39, 0.29) is 11.8 Å². The number of hydrogen-bond donors (Lipinski definition) is 2. The summed E-state index contributed by atoms with van der Waals surface area (Å²) in [6.07, 6.45) is 0.898. The summed E-state index contributed by atoms with van der Waals surface area (Å²) in [6.45, 7) is 0.484. The van der Waals surface area contributed by atoms with Gasteiger partial charge >= 0.3 is 0 Å².